The minimum absolute atomic E-state index is 0.154. The molecule has 216 valence electrons. The molecule has 0 radical (unpaired) electrons. The summed E-state index contributed by atoms with van der Waals surface area (Å²) >= 11 is 6.11. The van der Waals surface area contributed by atoms with Crippen LogP contribution in [0.15, 0.2) is 69.3 Å². The molecule has 0 saturated carbocycles. The van der Waals surface area contributed by atoms with Crippen molar-refractivity contribution in [2.75, 3.05) is 20.3 Å². The second-order valence-corrected chi connectivity index (χ2v) is 9.51. The van der Waals surface area contributed by atoms with Crippen LogP contribution in [0, 0.1) is 6.92 Å². The smallest absolute Gasteiger partial charge is 0.337 e. The summed E-state index contributed by atoms with van der Waals surface area (Å²) in [4.78, 5) is 24.5. The second-order valence-electron chi connectivity index (χ2n) is 9.08. The molecule has 0 bridgehead atoms. The number of carbonyl (C=O) groups is 2. The van der Waals surface area contributed by atoms with Crippen molar-refractivity contribution in [2.45, 2.75) is 33.0 Å². The molecule has 2 amide bonds. The first-order chi connectivity index (χ1) is 19.7. The molecular formula is C29H31ClN4O7. The third-order valence-electron chi connectivity index (χ3n) is 6.18. The van der Waals surface area contributed by atoms with Gasteiger partial charge in [-0.3, -0.25) is 5.43 Å². The normalized spacial score (nSPS) is 15.8. The molecule has 0 aliphatic carbocycles. The summed E-state index contributed by atoms with van der Waals surface area (Å²) in [6, 6.07) is 12.9. The zero-order chi connectivity index (χ0) is 29.5. The molecule has 0 fully saturated rings. The lowest BCUT2D eigenvalue weighted by Gasteiger charge is -2.28. The van der Waals surface area contributed by atoms with Gasteiger partial charge in [0.1, 0.15) is 18.1 Å². The standard InChI is InChI=1S/C29H31ClN4O7/c1-5-39-24-12-18(27-26(28(36)38-4)17(3)32-29(37)33-27)7-10-23(24)40-15-25(35)34-31-14-20-9-11-22(41-20)21-13-19(30)8-6-16(21)2/h6-14,25,27,34-35H,5,15H2,1-4H3,(H2,32,33,37)/b31-14+/t25-,27+/m1/s1. The summed E-state index contributed by atoms with van der Waals surface area (Å²) in [7, 11) is 1.27. The van der Waals surface area contributed by atoms with Crippen molar-refractivity contribution in [1.29, 1.82) is 0 Å². The molecule has 2 atom stereocenters. The summed E-state index contributed by atoms with van der Waals surface area (Å²) in [6.45, 7) is 5.58. The largest absolute Gasteiger partial charge is 0.490 e. The fourth-order valence-corrected chi connectivity index (χ4v) is 4.41. The first-order valence-electron chi connectivity index (χ1n) is 12.8. The lowest BCUT2D eigenvalue weighted by Crippen LogP contribution is -2.45. The number of allylic oxidation sites excluding steroid dienone is 1. The molecule has 2 aromatic carbocycles. The van der Waals surface area contributed by atoms with Gasteiger partial charge in [0, 0.05) is 16.3 Å². The van der Waals surface area contributed by atoms with Crippen molar-refractivity contribution in [2.24, 2.45) is 5.10 Å². The molecule has 0 spiro atoms. The maximum Gasteiger partial charge on any atom is 0.337 e. The van der Waals surface area contributed by atoms with Crippen molar-refractivity contribution in [3.05, 3.63) is 81.7 Å². The third kappa shape index (κ3) is 7.19. The van der Waals surface area contributed by atoms with E-state index >= 15 is 0 Å². The number of furan rings is 1. The van der Waals surface area contributed by atoms with Crippen LogP contribution in [-0.4, -0.2) is 49.9 Å². The highest BCUT2D eigenvalue weighted by Gasteiger charge is 2.32. The van der Waals surface area contributed by atoms with E-state index in [4.69, 9.17) is 30.2 Å². The van der Waals surface area contributed by atoms with Crippen molar-refractivity contribution in [3.63, 3.8) is 0 Å². The highest BCUT2D eigenvalue weighted by Crippen LogP contribution is 2.35. The summed E-state index contributed by atoms with van der Waals surface area (Å²) < 4.78 is 22.2. The number of benzene rings is 2. The van der Waals surface area contributed by atoms with Crippen LogP contribution in [0.25, 0.3) is 11.3 Å². The van der Waals surface area contributed by atoms with Crippen LogP contribution in [0.3, 0.4) is 0 Å². The van der Waals surface area contributed by atoms with E-state index in [1.807, 2.05) is 38.1 Å². The van der Waals surface area contributed by atoms with E-state index in [2.05, 4.69) is 21.2 Å². The Morgan fingerprint density at radius 2 is 1.98 bits per heavy atom. The summed E-state index contributed by atoms with van der Waals surface area (Å²) in [6.07, 6.45) is 0.291. The molecule has 3 aromatic rings. The molecule has 41 heavy (non-hydrogen) atoms. The van der Waals surface area contributed by atoms with Gasteiger partial charge in [-0.15, -0.1) is 0 Å². The number of esters is 1. The number of ether oxygens (including phenoxy) is 3. The minimum Gasteiger partial charge on any atom is -0.490 e. The number of halogens is 1. The molecular weight excluding hydrogens is 552 g/mol. The Balaban J connectivity index is 1.40. The summed E-state index contributed by atoms with van der Waals surface area (Å²) in [5, 5.41) is 20.3. The van der Waals surface area contributed by atoms with Gasteiger partial charge < -0.3 is 34.4 Å². The average Bonchev–Trinajstić information content (AvgIpc) is 3.41. The molecule has 11 nitrogen and oxygen atoms in total. The minimum atomic E-state index is -1.15. The Labute approximate surface area is 242 Å². The number of nitrogens with zero attached hydrogens (tertiary/aromatic N) is 1. The highest BCUT2D eigenvalue weighted by molar-refractivity contribution is 6.30. The summed E-state index contributed by atoms with van der Waals surface area (Å²) in [5.74, 6) is 1.28. The number of methoxy groups -OCH3 is 1. The van der Waals surface area contributed by atoms with Gasteiger partial charge in [0.15, 0.2) is 17.7 Å². The van der Waals surface area contributed by atoms with Crippen molar-refractivity contribution in [3.8, 4) is 22.8 Å². The van der Waals surface area contributed by atoms with Gasteiger partial charge in [-0.05, 0) is 68.3 Å². The van der Waals surface area contributed by atoms with Gasteiger partial charge in [-0.1, -0.05) is 23.7 Å². The molecule has 1 aromatic heterocycles. The predicted molar refractivity (Wildman–Crippen MR) is 153 cm³/mol. The van der Waals surface area contributed by atoms with Crippen molar-refractivity contribution >= 4 is 29.8 Å². The maximum atomic E-state index is 12.4. The molecule has 1 aliphatic rings. The number of hydrogen-bond donors (Lipinski definition) is 4. The van der Waals surface area contributed by atoms with E-state index in [1.165, 1.54) is 13.3 Å². The van der Waals surface area contributed by atoms with E-state index in [-0.39, 0.29) is 12.2 Å². The maximum absolute atomic E-state index is 12.4. The molecule has 1 aliphatic heterocycles. The number of urea groups is 1. The number of rotatable bonds is 11. The first kappa shape index (κ1) is 29.5. The van der Waals surface area contributed by atoms with E-state index in [1.54, 1.807) is 31.2 Å². The number of hydrazone groups is 1. The topological polar surface area (TPSA) is 144 Å². The van der Waals surface area contributed by atoms with Crippen LogP contribution in [0.4, 0.5) is 4.79 Å². The number of aliphatic hydroxyl groups is 1. The molecule has 0 saturated heterocycles. The van der Waals surface area contributed by atoms with Gasteiger partial charge >= 0.3 is 12.0 Å². The van der Waals surface area contributed by atoms with Gasteiger partial charge in [0.25, 0.3) is 0 Å². The van der Waals surface area contributed by atoms with Crippen LogP contribution in [0.5, 0.6) is 11.5 Å². The quantitative estimate of drug-likeness (QED) is 0.112. The Hall–Kier alpha value is -4.48. The van der Waals surface area contributed by atoms with Crippen LogP contribution in [-0.2, 0) is 9.53 Å². The Kier molecular flexibility index (Phi) is 9.53. The second kappa shape index (κ2) is 13.2. The van der Waals surface area contributed by atoms with E-state index in [0.29, 0.717) is 45.9 Å². The van der Waals surface area contributed by atoms with Gasteiger partial charge in [0.2, 0.25) is 0 Å². The Morgan fingerprint density at radius 1 is 1.17 bits per heavy atom. The molecule has 12 heteroatoms. The average molecular weight is 583 g/mol. The van der Waals surface area contributed by atoms with Crippen molar-refractivity contribution in [1.82, 2.24) is 16.1 Å². The van der Waals surface area contributed by atoms with Gasteiger partial charge in [-0.25, -0.2) is 9.59 Å². The van der Waals surface area contributed by atoms with E-state index < -0.39 is 24.3 Å². The molecule has 4 rings (SSSR count). The molecule has 0 unspecified atom stereocenters. The zero-order valence-electron chi connectivity index (χ0n) is 23.0. The van der Waals surface area contributed by atoms with Gasteiger partial charge in [-0.2, -0.15) is 5.10 Å². The Morgan fingerprint density at radius 3 is 2.73 bits per heavy atom. The highest BCUT2D eigenvalue weighted by atomic mass is 35.5. The predicted octanol–water partition coefficient (Wildman–Crippen LogP) is 4.43. The SMILES string of the molecule is CCOc1cc([C@@H]2NC(=O)NC(C)=C2C(=O)OC)ccc1OC[C@@H](O)N/N=C/c1ccc(-c2cc(Cl)ccc2C)o1. The molecule has 4 N–H and O–H groups in total. The van der Waals surface area contributed by atoms with E-state index in [0.717, 1.165) is 11.1 Å². The number of aliphatic hydroxyl groups excluding tert-OH is 1. The monoisotopic (exact) mass is 582 g/mol. The fourth-order valence-electron chi connectivity index (χ4n) is 4.24. The van der Waals surface area contributed by atoms with Gasteiger partial charge in [0.05, 0.1) is 31.5 Å². The number of aryl methyl sites for hydroxylation is 1. The number of nitrogens with one attached hydrogen (secondary N) is 3. The first-order valence-corrected chi connectivity index (χ1v) is 13.2. The molecule has 2 heterocycles. The van der Waals surface area contributed by atoms with E-state index in [9.17, 15) is 14.7 Å². The Bertz CT molecular complexity index is 1480. The number of amides is 2. The summed E-state index contributed by atoms with van der Waals surface area (Å²) in [5.41, 5.74) is 5.74. The third-order valence-corrected chi connectivity index (χ3v) is 6.41. The van der Waals surface area contributed by atoms with Crippen LogP contribution in [0.1, 0.15) is 36.8 Å². The van der Waals surface area contributed by atoms with Crippen molar-refractivity contribution < 1.29 is 33.3 Å². The number of hydrogen-bond acceptors (Lipinski definition) is 9. The van der Waals surface area contributed by atoms with Crippen LogP contribution < -0.4 is 25.5 Å². The van der Waals surface area contributed by atoms with Crippen LogP contribution in [0.2, 0.25) is 5.02 Å². The zero-order valence-corrected chi connectivity index (χ0v) is 23.7. The van der Waals surface area contributed by atoms with Crippen LogP contribution >= 0.6 is 11.6 Å². The lowest BCUT2D eigenvalue weighted by molar-refractivity contribution is -0.136. The number of carbonyl (C=O) groups excluding carboxylic acids is 2. The fraction of sp³-hybridized carbons (Fsp3) is 0.276. The lowest BCUT2D eigenvalue weighted by atomic mass is 9.95.